The van der Waals surface area contributed by atoms with Gasteiger partial charge in [0.2, 0.25) is 10.0 Å². The second kappa shape index (κ2) is 9.03. The Morgan fingerprint density at radius 1 is 1.17 bits per heavy atom. The molecule has 1 aromatic carbocycles. The summed E-state index contributed by atoms with van der Waals surface area (Å²) in [5.74, 6) is 0.763. The number of piperidine rings is 1. The smallest absolute Gasteiger partial charge is 0.213 e. The minimum atomic E-state index is -3.28. The molecule has 0 bridgehead atoms. The van der Waals surface area contributed by atoms with Crippen molar-refractivity contribution in [1.82, 2.24) is 9.62 Å². The lowest BCUT2D eigenvalue weighted by Crippen LogP contribution is -2.40. The number of hydrogen-bond acceptors (Lipinski definition) is 3. The number of rotatable bonds is 6. The number of para-hydroxylation sites is 1. The highest BCUT2D eigenvalue weighted by Gasteiger charge is 2.16. The van der Waals surface area contributed by atoms with Crippen LogP contribution in [-0.2, 0) is 10.0 Å². The molecule has 0 amide bonds. The Morgan fingerprint density at radius 2 is 1.83 bits per heavy atom. The molecule has 2 rings (SSSR count). The number of sulfonamides is 1. The van der Waals surface area contributed by atoms with Crippen molar-refractivity contribution in [2.24, 2.45) is 4.99 Å². The van der Waals surface area contributed by atoms with Crippen molar-refractivity contribution in [3.05, 3.63) is 30.3 Å². The third-order valence-electron chi connectivity index (χ3n) is 3.72. The van der Waals surface area contributed by atoms with Crippen LogP contribution in [0.5, 0.6) is 0 Å². The summed E-state index contributed by atoms with van der Waals surface area (Å²) in [6, 6.07) is 9.77. The van der Waals surface area contributed by atoms with Gasteiger partial charge in [-0.15, -0.1) is 0 Å². The number of anilines is 1. The first-order valence-electron chi connectivity index (χ1n) is 8.58. The molecule has 0 aliphatic carbocycles. The van der Waals surface area contributed by atoms with E-state index in [1.165, 1.54) is 6.42 Å². The van der Waals surface area contributed by atoms with Crippen molar-refractivity contribution in [3.63, 3.8) is 0 Å². The van der Waals surface area contributed by atoms with Crippen molar-refractivity contribution >= 4 is 21.7 Å². The molecule has 0 atom stereocenters. The average molecular weight is 353 g/mol. The standard InChI is InChI=1S/C17H28N4O2S/c1-15(2)20-24(22,23)14-11-18-17(21-12-7-4-8-13-21)19-16-9-5-3-6-10-16/h3,5-6,9-10,15,20H,4,7-8,11-14H2,1-2H3,(H,18,19). The fourth-order valence-electron chi connectivity index (χ4n) is 2.66. The van der Waals surface area contributed by atoms with Gasteiger partial charge in [-0.1, -0.05) is 18.2 Å². The summed E-state index contributed by atoms with van der Waals surface area (Å²) >= 11 is 0. The van der Waals surface area contributed by atoms with Crippen LogP contribution in [0, 0.1) is 0 Å². The number of nitrogens with zero attached hydrogens (tertiary/aromatic N) is 2. The molecule has 2 N–H and O–H groups in total. The number of aliphatic imine (C=N–C) groups is 1. The van der Waals surface area contributed by atoms with E-state index in [0.717, 1.165) is 37.6 Å². The molecular weight excluding hydrogens is 324 g/mol. The topological polar surface area (TPSA) is 73.8 Å². The van der Waals surface area contributed by atoms with Crippen LogP contribution in [0.2, 0.25) is 0 Å². The van der Waals surface area contributed by atoms with Gasteiger partial charge >= 0.3 is 0 Å². The molecule has 1 aromatic rings. The maximum atomic E-state index is 11.9. The number of hydrogen-bond donors (Lipinski definition) is 2. The van der Waals surface area contributed by atoms with Gasteiger partial charge in [0.05, 0.1) is 12.3 Å². The first-order chi connectivity index (χ1) is 11.5. The van der Waals surface area contributed by atoms with Crippen LogP contribution < -0.4 is 10.0 Å². The van der Waals surface area contributed by atoms with Crippen LogP contribution in [-0.4, -0.2) is 50.7 Å². The lowest BCUT2D eigenvalue weighted by molar-refractivity contribution is 0.340. The van der Waals surface area contributed by atoms with Gasteiger partial charge in [-0.3, -0.25) is 4.99 Å². The van der Waals surface area contributed by atoms with E-state index in [0.29, 0.717) is 0 Å². The van der Waals surface area contributed by atoms with Crippen LogP contribution in [0.4, 0.5) is 5.69 Å². The molecule has 0 radical (unpaired) electrons. The van der Waals surface area contributed by atoms with Crippen molar-refractivity contribution in [3.8, 4) is 0 Å². The Morgan fingerprint density at radius 3 is 2.46 bits per heavy atom. The molecular formula is C17H28N4O2S. The summed E-state index contributed by atoms with van der Waals surface area (Å²) in [5, 5.41) is 3.34. The van der Waals surface area contributed by atoms with E-state index in [1.54, 1.807) is 0 Å². The molecule has 0 aromatic heterocycles. The number of benzene rings is 1. The molecule has 24 heavy (non-hydrogen) atoms. The average Bonchev–Trinajstić information content (AvgIpc) is 2.54. The van der Waals surface area contributed by atoms with E-state index in [1.807, 2.05) is 44.2 Å². The second-order valence-electron chi connectivity index (χ2n) is 6.34. The molecule has 1 fully saturated rings. The van der Waals surface area contributed by atoms with Gasteiger partial charge in [0.1, 0.15) is 0 Å². The van der Waals surface area contributed by atoms with Gasteiger partial charge in [-0.2, -0.15) is 0 Å². The normalized spacial score (nSPS) is 16.5. The molecule has 1 aliphatic rings. The van der Waals surface area contributed by atoms with E-state index >= 15 is 0 Å². The molecule has 1 saturated heterocycles. The Labute approximate surface area is 145 Å². The SMILES string of the molecule is CC(C)NS(=O)(=O)CCN=C(Nc1ccccc1)N1CCCCC1. The summed E-state index contributed by atoms with van der Waals surface area (Å²) in [7, 11) is -3.28. The van der Waals surface area contributed by atoms with Gasteiger partial charge < -0.3 is 10.2 Å². The van der Waals surface area contributed by atoms with E-state index < -0.39 is 10.0 Å². The molecule has 7 heteroatoms. The molecule has 0 saturated carbocycles. The summed E-state index contributed by atoms with van der Waals surface area (Å²) in [4.78, 5) is 6.75. The van der Waals surface area contributed by atoms with Gasteiger partial charge in [0.25, 0.3) is 0 Å². The fourth-order valence-corrected chi connectivity index (χ4v) is 3.83. The highest BCUT2D eigenvalue weighted by Crippen LogP contribution is 2.12. The van der Waals surface area contributed by atoms with Gasteiger partial charge in [-0.25, -0.2) is 13.1 Å². The summed E-state index contributed by atoms with van der Waals surface area (Å²) in [6.45, 7) is 5.78. The van der Waals surface area contributed by atoms with Crippen LogP contribution in [0.25, 0.3) is 0 Å². The summed E-state index contributed by atoms with van der Waals surface area (Å²) in [6.07, 6.45) is 3.52. The monoisotopic (exact) mass is 352 g/mol. The predicted molar refractivity (Wildman–Crippen MR) is 99.8 cm³/mol. The third kappa shape index (κ3) is 6.49. The molecule has 1 aliphatic heterocycles. The van der Waals surface area contributed by atoms with E-state index in [9.17, 15) is 8.42 Å². The first-order valence-corrected chi connectivity index (χ1v) is 10.2. The van der Waals surface area contributed by atoms with Crippen molar-refractivity contribution in [2.75, 3.05) is 30.7 Å². The van der Waals surface area contributed by atoms with Crippen LogP contribution in [0.3, 0.4) is 0 Å². The number of likely N-dealkylation sites (tertiary alicyclic amines) is 1. The van der Waals surface area contributed by atoms with E-state index in [-0.39, 0.29) is 18.3 Å². The molecule has 1 heterocycles. The summed E-state index contributed by atoms with van der Waals surface area (Å²) < 4.78 is 26.5. The quantitative estimate of drug-likeness (QED) is 0.608. The van der Waals surface area contributed by atoms with Crippen molar-refractivity contribution in [2.45, 2.75) is 39.2 Å². The Kier molecular flexibility index (Phi) is 7.05. The maximum absolute atomic E-state index is 11.9. The lowest BCUT2D eigenvalue weighted by Gasteiger charge is -2.30. The van der Waals surface area contributed by atoms with Crippen LogP contribution in [0.1, 0.15) is 33.1 Å². The Bertz CT molecular complexity index is 623. The van der Waals surface area contributed by atoms with Crippen molar-refractivity contribution < 1.29 is 8.42 Å². The minimum absolute atomic E-state index is 0.00100. The minimum Gasteiger partial charge on any atom is -0.343 e. The fraction of sp³-hybridized carbons (Fsp3) is 0.588. The van der Waals surface area contributed by atoms with Gasteiger partial charge in [0, 0.05) is 24.8 Å². The predicted octanol–water partition coefficient (Wildman–Crippen LogP) is 2.27. The zero-order valence-corrected chi connectivity index (χ0v) is 15.3. The molecule has 134 valence electrons. The van der Waals surface area contributed by atoms with Gasteiger partial charge in [0.15, 0.2) is 5.96 Å². The van der Waals surface area contributed by atoms with Crippen molar-refractivity contribution in [1.29, 1.82) is 0 Å². The van der Waals surface area contributed by atoms with E-state index in [4.69, 9.17) is 0 Å². The third-order valence-corrected chi connectivity index (χ3v) is 5.27. The zero-order chi connectivity index (χ0) is 17.4. The number of guanidine groups is 1. The molecule has 0 spiro atoms. The van der Waals surface area contributed by atoms with Crippen LogP contribution in [0.15, 0.2) is 35.3 Å². The Balaban J connectivity index is 2.04. The highest BCUT2D eigenvalue weighted by atomic mass is 32.2. The number of nitrogens with one attached hydrogen (secondary N) is 2. The van der Waals surface area contributed by atoms with E-state index in [2.05, 4.69) is 19.9 Å². The Hall–Kier alpha value is -1.60. The molecule has 6 nitrogen and oxygen atoms in total. The maximum Gasteiger partial charge on any atom is 0.213 e. The largest absolute Gasteiger partial charge is 0.343 e. The molecule has 0 unspecified atom stereocenters. The lowest BCUT2D eigenvalue weighted by atomic mass is 10.1. The highest BCUT2D eigenvalue weighted by molar-refractivity contribution is 7.89. The first kappa shape index (κ1) is 18.7. The summed E-state index contributed by atoms with van der Waals surface area (Å²) in [5.41, 5.74) is 0.963. The zero-order valence-electron chi connectivity index (χ0n) is 14.5. The van der Waals surface area contributed by atoms with Crippen LogP contribution >= 0.6 is 0 Å². The second-order valence-corrected chi connectivity index (χ2v) is 8.21. The van der Waals surface area contributed by atoms with Gasteiger partial charge in [-0.05, 0) is 45.2 Å².